The maximum absolute atomic E-state index is 14.2. The lowest BCUT2D eigenvalue weighted by molar-refractivity contribution is -0.147. The van der Waals surface area contributed by atoms with E-state index in [2.05, 4.69) is 20.8 Å². The summed E-state index contributed by atoms with van der Waals surface area (Å²) in [7, 11) is 1.63. The van der Waals surface area contributed by atoms with Crippen LogP contribution in [0.4, 0.5) is 0 Å². The number of fused-ring (bicyclic) bond motifs is 1. The molecule has 2 unspecified atom stereocenters. The van der Waals surface area contributed by atoms with E-state index in [4.69, 9.17) is 16.3 Å². The zero-order valence-electron chi connectivity index (χ0n) is 22.6. The summed E-state index contributed by atoms with van der Waals surface area (Å²) in [6, 6.07) is 13.5. The molecule has 0 aromatic heterocycles. The first-order chi connectivity index (χ1) is 18.0. The van der Waals surface area contributed by atoms with Crippen molar-refractivity contribution in [1.82, 2.24) is 9.80 Å². The maximum atomic E-state index is 14.2. The average Bonchev–Trinajstić information content (AvgIpc) is 2.98. The number of halogens is 1. The lowest BCUT2D eigenvalue weighted by atomic mass is 9.78. The van der Waals surface area contributed by atoms with E-state index < -0.39 is 17.8 Å². The number of likely N-dealkylation sites (tertiary alicyclic amines) is 1. The van der Waals surface area contributed by atoms with Crippen molar-refractivity contribution in [2.75, 3.05) is 33.3 Å². The highest BCUT2D eigenvalue weighted by atomic mass is 35.5. The highest BCUT2D eigenvalue weighted by molar-refractivity contribution is 6.30. The molecule has 1 saturated heterocycles. The predicted octanol–water partition coefficient (Wildman–Crippen LogP) is 5.17. The Kier molecular flexibility index (Phi) is 8.36. The molecule has 7 nitrogen and oxygen atoms in total. The van der Waals surface area contributed by atoms with Gasteiger partial charge in [-0.3, -0.25) is 14.4 Å². The second-order valence-corrected chi connectivity index (χ2v) is 12.0. The first-order valence-corrected chi connectivity index (χ1v) is 13.6. The van der Waals surface area contributed by atoms with Crippen LogP contribution in [-0.2, 0) is 14.4 Å². The third kappa shape index (κ3) is 6.15. The van der Waals surface area contributed by atoms with Crippen molar-refractivity contribution in [3.63, 3.8) is 0 Å². The number of carbonyl (C=O) groups excluding carboxylic acids is 2. The molecule has 4 rings (SSSR count). The standard InChI is InChI=1S/C30H37ClN2O5/c1-30(2,3)16-24-21-10-9-20(31)15-23(21)25(22-7-5-6-8-26(22)38-4)17-33(28(24)35)18-27(34)32-13-11-19(12-14-32)29(36)37/h5-10,15,19,24-25H,11-14,16-18H2,1-4H3,(H,36,37). The van der Waals surface area contributed by atoms with E-state index in [9.17, 15) is 19.5 Å². The molecule has 2 amide bonds. The Morgan fingerprint density at radius 2 is 1.74 bits per heavy atom. The van der Waals surface area contributed by atoms with Gasteiger partial charge in [0.2, 0.25) is 11.8 Å². The quantitative estimate of drug-likeness (QED) is 0.546. The summed E-state index contributed by atoms with van der Waals surface area (Å²) in [5.74, 6) is -1.42. The Morgan fingerprint density at radius 1 is 1.05 bits per heavy atom. The van der Waals surface area contributed by atoms with Crippen LogP contribution in [0.1, 0.15) is 68.6 Å². The number of methoxy groups -OCH3 is 1. The zero-order valence-corrected chi connectivity index (χ0v) is 23.3. The summed E-state index contributed by atoms with van der Waals surface area (Å²) >= 11 is 6.50. The van der Waals surface area contributed by atoms with Crippen molar-refractivity contribution >= 4 is 29.4 Å². The molecular formula is C30H37ClN2O5. The molecule has 0 radical (unpaired) electrons. The number of aliphatic carboxylic acids is 1. The molecule has 0 spiro atoms. The molecule has 2 aromatic rings. The van der Waals surface area contributed by atoms with Crippen LogP contribution < -0.4 is 4.74 Å². The fourth-order valence-electron chi connectivity index (χ4n) is 5.74. The van der Waals surface area contributed by atoms with Crippen LogP contribution >= 0.6 is 11.6 Å². The molecule has 2 aromatic carbocycles. The Hall–Kier alpha value is -3.06. The minimum Gasteiger partial charge on any atom is -0.496 e. The number of hydrogen-bond acceptors (Lipinski definition) is 4. The third-order valence-electron chi connectivity index (χ3n) is 7.67. The van der Waals surface area contributed by atoms with Gasteiger partial charge in [-0.15, -0.1) is 0 Å². The first kappa shape index (κ1) is 28.0. The number of ether oxygens (including phenoxy) is 1. The number of nitrogens with zero attached hydrogens (tertiary/aromatic N) is 2. The van der Waals surface area contributed by atoms with Crippen molar-refractivity contribution in [3.8, 4) is 5.75 Å². The molecule has 2 aliphatic heterocycles. The van der Waals surface area contributed by atoms with Gasteiger partial charge >= 0.3 is 5.97 Å². The van der Waals surface area contributed by atoms with Gasteiger partial charge in [0.25, 0.3) is 0 Å². The Morgan fingerprint density at radius 3 is 2.37 bits per heavy atom. The van der Waals surface area contributed by atoms with Crippen molar-refractivity contribution in [1.29, 1.82) is 0 Å². The van der Waals surface area contributed by atoms with Crippen LogP contribution in [0, 0.1) is 11.3 Å². The first-order valence-electron chi connectivity index (χ1n) is 13.2. The van der Waals surface area contributed by atoms with Crippen molar-refractivity contribution in [2.24, 2.45) is 11.3 Å². The van der Waals surface area contributed by atoms with Gasteiger partial charge in [-0.05, 0) is 54.0 Å². The monoisotopic (exact) mass is 540 g/mol. The van der Waals surface area contributed by atoms with E-state index in [0.717, 1.165) is 16.7 Å². The van der Waals surface area contributed by atoms with E-state index >= 15 is 0 Å². The van der Waals surface area contributed by atoms with Gasteiger partial charge in [-0.2, -0.15) is 0 Å². The molecule has 0 saturated carbocycles. The molecule has 204 valence electrons. The number of carbonyl (C=O) groups is 3. The van der Waals surface area contributed by atoms with Crippen LogP contribution in [-0.4, -0.2) is 66.0 Å². The van der Waals surface area contributed by atoms with Crippen molar-refractivity contribution in [3.05, 3.63) is 64.2 Å². The highest BCUT2D eigenvalue weighted by Gasteiger charge is 2.39. The van der Waals surface area contributed by atoms with E-state index in [1.54, 1.807) is 16.9 Å². The Bertz CT molecular complexity index is 1200. The second-order valence-electron chi connectivity index (χ2n) is 11.6. The van der Waals surface area contributed by atoms with Gasteiger partial charge in [0.05, 0.1) is 25.5 Å². The summed E-state index contributed by atoms with van der Waals surface area (Å²) in [4.78, 5) is 42.3. The largest absolute Gasteiger partial charge is 0.496 e. The fraction of sp³-hybridized carbons (Fsp3) is 0.500. The van der Waals surface area contributed by atoms with E-state index in [1.807, 2.05) is 42.5 Å². The summed E-state index contributed by atoms with van der Waals surface area (Å²) in [5, 5.41) is 9.92. The third-order valence-corrected chi connectivity index (χ3v) is 7.90. The zero-order chi connectivity index (χ0) is 27.6. The van der Waals surface area contributed by atoms with Crippen molar-refractivity contribution < 1.29 is 24.2 Å². The van der Waals surface area contributed by atoms with E-state index in [0.29, 0.717) is 49.7 Å². The summed E-state index contributed by atoms with van der Waals surface area (Å²) in [6.45, 7) is 7.36. The maximum Gasteiger partial charge on any atom is 0.306 e. The second kappa shape index (κ2) is 11.4. The number of hydrogen-bond donors (Lipinski definition) is 1. The average molecular weight is 541 g/mol. The summed E-state index contributed by atoms with van der Waals surface area (Å²) in [5.41, 5.74) is 2.71. The lowest BCUT2D eigenvalue weighted by Gasteiger charge is -2.34. The van der Waals surface area contributed by atoms with E-state index in [-0.39, 0.29) is 29.7 Å². The number of rotatable bonds is 6. The summed E-state index contributed by atoms with van der Waals surface area (Å²) in [6.07, 6.45) is 1.47. The number of carboxylic acids is 1. The lowest BCUT2D eigenvalue weighted by Crippen LogP contribution is -2.48. The Balaban J connectivity index is 1.73. The molecule has 8 heteroatoms. The molecular weight excluding hydrogens is 504 g/mol. The minimum atomic E-state index is -0.819. The molecule has 1 fully saturated rings. The fourth-order valence-corrected chi connectivity index (χ4v) is 5.92. The van der Waals surface area contributed by atoms with E-state index in [1.165, 1.54) is 0 Å². The smallest absolute Gasteiger partial charge is 0.306 e. The SMILES string of the molecule is COc1ccccc1C1CN(CC(=O)N2CCC(C(=O)O)CC2)C(=O)C(CC(C)(C)C)c2ccc(Cl)cc21. The van der Waals surface area contributed by atoms with Crippen LogP contribution in [0.15, 0.2) is 42.5 Å². The molecule has 1 N–H and O–H groups in total. The predicted molar refractivity (Wildman–Crippen MR) is 147 cm³/mol. The molecule has 38 heavy (non-hydrogen) atoms. The number of piperidine rings is 1. The van der Waals surface area contributed by atoms with Gasteiger partial charge in [-0.25, -0.2) is 0 Å². The van der Waals surface area contributed by atoms with Gasteiger partial charge < -0.3 is 19.6 Å². The molecule has 2 heterocycles. The number of carboxylic acid groups (broad SMARTS) is 1. The van der Waals surface area contributed by atoms with Gasteiger partial charge in [-0.1, -0.05) is 56.6 Å². The van der Waals surface area contributed by atoms with Gasteiger partial charge in [0, 0.05) is 36.1 Å². The van der Waals surface area contributed by atoms with Crippen molar-refractivity contribution in [2.45, 2.75) is 51.9 Å². The molecule has 0 aliphatic carbocycles. The van der Waals surface area contributed by atoms with Crippen LogP contribution in [0.3, 0.4) is 0 Å². The topological polar surface area (TPSA) is 87.2 Å². The van der Waals surface area contributed by atoms with Gasteiger partial charge in [0.15, 0.2) is 0 Å². The number of amides is 2. The van der Waals surface area contributed by atoms with Crippen LogP contribution in [0.5, 0.6) is 5.75 Å². The Labute approximate surface area is 229 Å². The molecule has 0 bridgehead atoms. The summed E-state index contributed by atoms with van der Waals surface area (Å²) < 4.78 is 5.70. The molecule has 2 aliphatic rings. The number of benzene rings is 2. The normalized spacial score (nSPS) is 20.6. The number of para-hydroxylation sites is 1. The van der Waals surface area contributed by atoms with Crippen LogP contribution in [0.2, 0.25) is 5.02 Å². The molecule has 2 atom stereocenters. The van der Waals surface area contributed by atoms with Crippen LogP contribution in [0.25, 0.3) is 0 Å². The highest BCUT2D eigenvalue weighted by Crippen LogP contribution is 2.44. The minimum absolute atomic E-state index is 0.0510. The van der Waals surface area contributed by atoms with Gasteiger partial charge in [0.1, 0.15) is 5.75 Å².